The molecule has 0 aromatic heterocycles. The summed E-state index contributed by atoms with van der Waals surface area (Å²) in [5, 5.41) is 8.10. The van der Waals surface area contributed by atoms with Crippen molar-refractivity contribution in [2.45, 2.75) is 26.3 Å². The predicted molar refractivity (Wildman–Crippen MR) is 86.9 cm³/mol. The molecule has 0 saturated carbocycles. The average Bonchev–Trinajstić information content (AvgIpc) is 2.35. The summed E-state index contributed by atoms with van der Waals surface area (Å²) < 4.78 is 0. The maximum Gasteiger partial charge on any atom is 0.258 e. The molecule has 0 saturated heterocycles. The Morgan fingerprint density at radius 2 is 1.70 bits per heavy atom. The van der Waals surface area contributed by atoms with Gasteiger partial charge in [0.2, 0.25) is 0 Å². The lowest BCUT2D eigenvalue weighted by atomic mass is 10.0. The van der Waals surface area contributed by atoms with E-state index in [0.717, 1.165) is 10.8 Å². The molecule has 0 radical (unpaired) electrons. The second kappa shape index (κ2) is 5.59. The Bertz CT molecular complexity index is 654. The molecule has 2 aromatic rings. The molecule has 2 aromatic carbocycles. The molecule has 0 bridgehead atoms. The topological polar surface area (TPSA) is 41.1 Å². The maximum atomic E-state index is 12.3. The fourth-order valence-electron chi connectivity index (χ4n) is 1.97. The van der Waals surface area contributed by atoms with Gasteiger partial charge in [-0.05, 0) is 49.8 Å². The monoisotopic (exact) mass is 286 g/mol. The maximum absolute atomic E-state index is 12.3. The third-order valence-electron chi connectivity index (χ3n) is 2.75. The van der Waals surface area contributed by atoms with Crippen molar-refractivity contribution in [2.75, 3.05) is 0 Å². The number of amides is 1. The van der Waals surface area contributed by atoms with Gasteiger partial charge in [-0.3, -0.25) is 10.1 Å². The lowest BCUT2D eigenvalue weighted by molar-refractivity contribution is 0.0978. The van der Waals surface area contributed by atoms with Crippen LogP contribution in [0.25, 0.3) is 10.8 Å². The van der Waals surface area contributed by atoms with Crippen molar-refractivity contribution in [3.05, 3.63) is 48.0 Å². The first-order valence-corrected chi connectivity index (χ1v) is 6.89. The van der Waals surface area contributed by atoms with Crippen LogP contribution in [0.5, 0.6) is 0 Å². The Kier molecular flexibility index (Phi) is 4.04. The minimum Gasteiger partial charge on any atom is -0.358 e. The summed E-state index contributed by atoms with van der Waals surface area (Å²) >= 11 is 5.16. The first kappa shape index (κ1) is 14.5. The molecule has 4 heteroatoms. The minimum atomic E-state index is -0.191. The largest absolute Gasteiger partial charge is 0.358 e. The molecular formula is C16H18N2OS. The number of fused-ring (bicyclic) bond motifs is 1. The number of benzene rings is 2. The van der Waals surface area contributed by atoms with E-state index in [0.29, 0.717) is 10.7 Å². The number of thiocarbonyl (C=S) groups is 1. The molecule has 0 fully saturated rings. The van der Waals surface area contributed by atoms with E-state index in [1.54, 1.807) is 6.07 Å². The van der Waals surface area contributed by atoms with Crippen molar-refractivity contribution in [1.29, 1.82) is 0 Å². The first-order chi connectivity index (χ1) is 9.37. The van der Waals surface area contributed by atoms with Crippen LogP contribution in [0.15, 0.2) is 42.5 Å². The van der Waals surface area contributed by atoms with Gasteiger partial charge in [-0.1, -0.05) is 36.4 Å². The van der Waals surface area contributed by atoms with Crippen LogP contribution >= 0.6 is 12.2 Å². The summed E-state index contributed by atoms with van der Waals surface area (Å²) in [4.78, 5) is 12.3. The van der Waals surface area contributed by atoms with Gasteiger partial charge in [-0.2, -0.15) is 0 Å². The summed E-state index contributed by atoms with van der Waals surface area (Å²) in [5.41, 5.74) is 0.449. The van der Waals surface area contributed by atoms with Crippen molar-refractivity contribution in [3.8, 4) is 0 Å². The van der Waals surface area contributed by atoms with Crippen LogP contribution in [-0.4, -0.2) is 16.6 Å². The van der Waals surface area contributed by atoms with Gasteiger partial charge in [0, 0.05) is 11.1 Å². The zero-order valence-corrected chi connectivity index (χ0v) is 12.7. The van der Waals surface area contributed by atoms with Gasteiger partial charge in [-0.25, -0.2) is 0 Å². The van der Waals surface area contributed by atoms with Crippen LogP contribution < -0.4 is 10.6 Å². The standard InChI is InChI=1S/C16H18N2OS/c1-16(2,3)18-15(20)17-14(19)13-10-6-8-11-7-4-5-9-12(11)13/h4-10H,1-3H3,(H2,17,18,19,20). The molecule has 2 N–H and O–H groups in total. The molecule has 1 amide bonds. The molecule has 0 heterocycles. The molecule has 2 rings (SSSR count). The average molecular weight is 286 g/mol. The smallest absolute Gasteiger partial charge is 0.258 e. The molecule has 20 heavy (non-hydrogen) atoms. The first-order valence-electron chi connectivity index (χ1n) is 6.48. The van der Waals surface area contributed by atoms with Crippen LogP contribution in [-0.2, 0) is 0 Å². The second-order valence-electron chi connectivity index (χ2n) is 5.68. The van der Waals surface area contributed by atoms with Gasteiger partial charge in [-0.15, -0.1) is 0 Å². The number of hydrogen-bond acceptors (Lipinski definition) is 2. The molecule has 0 aliphatic rings. The number of carbonyl (C=O) groups is 1. The predicted octanol–water partition coefficient (Wildman–Crippen LogP) is 3.24. The van der Waals surface area contributed by atoms with Crippen LogP contribution in [0.2, 0.25) is 0 Å². The van der Waals surface area contributed by atoms with Gasteiger partial charge >= 0.3 is 0 Å². The molecule has 3 nitrogen and oxygen atoms in total. The van der Waals surface area contributed by atoms with Crippen molar-refractivity contribution in [1.82, 2.24) is 10.6 Å². The minimum absolute atomic E-state index is 0.177. The van der Waals surface area contributed by atoms with Crippen molar-refractivity contribution >= 4 is 34.0 Å². The van der Waals surface area contributed by atoms with E-state index in [-0.39, 0.29) is 11.4 Å². The number of rotatable bonds is 1. The molecule has 104 valence electrons. The summed E-state index contributed by atoms with van der Waals surface area (Å²) in [6.07, 6.45) is 0. The molecule has 0 atom stereocenters. The Morgan fingerprint density at radius 3 is 2.40 bits per heavy atom. The SMILES string of the molecule is CC(C)(C)NC(=S)NC(=O)c1cccc2ccccc12. The van der Waals surface area contributed by atoms with Crippen LogP contribution in [0, 0.1) is 0 Å². The second-order valence-corrected chi connectivity index (χ2v) is 6.09. The van der Waals surface area contributed by atoms with Crippen LogP contribution in [0.1, 0.15) is 31.1 Å². The van der Waals surface area contributed by atoms with Crippen molar-refractivity contribution in [2.24, 2.45) is 0 Å². The molecule has 0 unspecified atom stereocenters. The summed E-state index contributed by atoms with van der Waals surface area (Å²) in [6, 6.07) is 13.5. The van der Waals surface area contributed by atoms with Crippen LogP contribution in [0.3, 0.4) is 0 Å². The van der Waals surface area contributed by atoms with E-state index in [4.69, 9.17) is 12.2 Å². The van der Waals surface area contributed by atoms with E-state index < -0.39 is 0 Å². The van der Waals surface area contributed by atoms with Gasteiger partial charge in [0.25, 0.3) is 5.91 Å². The van der Waals surface area contributed by atoms with Gasteiger partial charge < -0.3 is 5.32 Å². The normalized spacial score (nSPS) is 11.2. The number of hydrogen-bond donors (Lipinski definition) is 2. The lowest BCUT2D eigenvalue weighted by Gasteiger charge is -2.22. The quantitative estimate of drug-likeness (QED) is 0.791. The fourth-order valence-corrected chi connectivity index (χ4v) is 2.36. The Hall–Kier alpha value is -1.94. The summed E-state index contributed by atoms with van der Waals surface area (Å²) in [7, 11) is 0. The molecular weight excluding hydrogens is 268 g/mol. The molecule has 0 aliphatic heterocycles. The van der Waals surface area contributed by atoms with Crippen molar-refractivity contribution in [3.63, 3.8) is 0 Å². The Balaban J connectivity index is 2.22. The highest BCUT2D eigenvalue weighted by Gasteiger charge is 2.15. The van der Waals surface area contributed by atoms with E-state index in [1.165, 1.54) is 0 Å². The summed E-state index contributed by atoms with van der Waals surface area (Å²) in [5.74, 6) is -0.191. The van der Waals surface area contributed by atoms with Gasteiger partial charge in [0.05, 0.1) is 0 Å². The number of nitrogens with one attached hydrogen (secondary N) is 2. The van der Waals surface area contributed by atoms with Crippen LogP contribution in [0.4, 0.5) is 0 Å². The zero-order chi connectivity index (χ0) is 14.8. The van der Waals surface area contributed by atoms with E-state index in [9.17, 15) is 4.79 Å². The highest BCUT2D eigenvalue weighted by Crippen LogP contribution is 2.18. The summed E-state index contributed by atoms with van der Waals surface area (Å²) in [6.45, 7) is 5.97. The third-order valence-corrected chi connectivity index (χ3v) is 2.95. The Labute approximate surface area is 124 Å². The fraction of sp³-hybridized carbons (Fsp3) is 0.250. The molecule has 0 spiro atoms. The molecule has 0 aliphatic carbocycles. The lowest BCUT2D eigenvalue weighted by Crippen LogP contribution is -2.48. The van der Waals surface area contributed by atoms with E-state index >= 15 is 0 Å². The van der Waals surface area contributed by atoms with E-state index in [1.807, 2.05) is 57.2 Å². The highest BCUT2D eigenvalue weighted by molar-refractivity contribution is 7.80. The van der Waals surface area contributed by atoms with E-state index in [2.05, 4.69) is 10.6 Å². The van der Waals surface area contributed by atoms with Gasteiger partial charge in [0.15, 0.2) is 5.11 Å². The Morgan fingerprint density at radius 1 is 1.05 bits per heavy atom. The highest BCUT2D eigenvalue weighted by atomic mass is 32.1. The zero-order valence-electron chi connectivity index (χ0n) is 11.9. The van der Waals surface area contributed by atoms with Gasteiger partial charge in [0.1, 0.15) is 0 Å². The van der Waals surface area contributed by atoms with Crippen molar-refractivity contribution < 1.29 is 4.79 Å². The number of carbonyl (C=O) groups excluding carboxylic acids is 1. The third kappa shape index (κ3) is 3.54.